The minimum absolute atomic E-state index is 0.0917. The van der Waals surface area contributed by atoms with E-state index in [0.717, 1.165) is 5.56 Å². The first-order valence-electron chi connectivity index (χ1n) is 8.21. The minimum Gasteiger partial charge on any atom is -0.338 e. The smallest absolute Gasteiger partial charge is 0.231 e. The molecule has 0 unspecified atom stereocenters. The largest absolute Gasteiger partial charge is 0.338 e. The normalized spacial score (nSPS) is 20.4. The van der Waals surface area contributed by atoms with Crippen molar-refractivity contribution in [3.63, 3.8) is 0 Å². The second-order valence-corrected chi connectivity index (χ2v) is 6.32. The van der Waals surface area contributed by atoms with Crippen molar-refractivity contribution in [2.45, 2.75) is 25.8 Å². The van der Waals surface area contributed by atoms with Gasteiger partial charge < -0.3 is 10.2 Å². The molecule has 0 radical (unpaired) electrons. The van der Waals surface area contributed by atoms with Gasteiger partial charge in [-0.1, -0.05) is 18.2 Å². The van der Waals surface area contributed by atoms with Gasteiger partial charge in [-0.15, -0.1) is 0 Å². The highest BCUT2D eigenvalue weighted by molar-refractivity contribution is 5.94. The van der Waals surface area contributed by atoms with Gasteiger partial charge in [0.05, 0.1) is 12.0 Å². The highest BCUT2D eigenvalue weighted by Crippen LogP contribution is 2.37. The van der Waals surface area contributed by atoms with E-state index in [1.54, 1.807) is 37.5 Å². The molecule has 1 aromatic carbocycles. The molecule has 1 saturated heterocycles. The molecule has 2 aromatic rings. The number of carbonyl (C=O) groups is 2. The minimum atomic E-state index is -0.632. The summed E-state index contributed by atoms with van der Waals surface area (Å²) in [5.41, 5.74) is 1.34. The first-order chi connectivity index (χ1) is 12.0. The molecule has 1 N–H and O–H groups in total. The Labute approximate surface area is 145 Å². The molecule has 1 aliphatic heterocycles. The molecule has 0 bridgehead atoms. The molecule has 0 saturated carbocycles. The van der Waals surface area contributed by atoms with Crippen LogP contribution in [0, 0.1) is 18.7 Å². The Bertz CT molecular complexity index is 809. The van der Waals surface area contributed by atoms with E-state index in [1.165, 1.54) is 11.0 Å². The number of carbonyl (C=O) groups excluding carboxylic acids is 2. The summed E-state index contributed by atoms with van der Waals surface area (Å²) < 4.78 is 14.3. The molecule has 6 heteroatoms. The summed E-state index contributed by atoms with van der Waals surface area (Å²) >= 11 is 0. The van der Waals surface area contributed by atoms with Crippen molar-refractivity contribution in [1.82, 2.24) is 9.88 Å². The number of pyridine rings is 1. The molecule has 1 aromatic heterocycles. The number of hydrogen-bond donors (Lipinski definition) is 1. The van der Waals surface area contributed by atoms with E-state index in [0.29, 0.717) is 17.8 Å². The Kier molecular flexibility index (Phi) is 4.79. The average Bonchev–Trinajstić information content (AvgIpc) is 2.58. The lowest BCUT2D eigenvalue weighted by Crippen LogP contribution is -2.45. The van der Waals surface area contributed by atoms with Crippen molar-refractivity contribution in [2.75, 3.05) is 12.4 Å². The number of benzene rings is 1. The van der Waals surface area contributed by atoms with Crippen LogP contribution in [0.2, 0.25) is 0 Å². The molecule has 0 aliphatic carbocycles. The molecule has 2 atom stereocenters. The summed E-state index contributed by atoms with van der Waals surface area (Å²) in [7, 11) is 1.61. The van der Waals surface area contributed by atoms with Crippen LogP contribution in [-0.4, -0.2) is 28.7 Å². The fourth-order valence-electron chi connectivity index (χ4n) is 3.28. The number of nitrogens with one attached hydrogen (secondary N) is 1. The lowest BCUT2D eigenvalue weighted by Gasteiger charge is -2.38. The van der Waals surface area contributed by atoms with Crippen molar-refractivity contribution in [3.8, 4) is 0 Å². The fraction of sp³-hybridized carbons (Fsp3) is 0.316. The predicted octanol–water partition coefficient (Wildman–Crippen LogP) is 3.08. The zero-order valence-corrected chi connectivity index (χ0v) is 14.2. The third-order valence-electron chi connectivity index (χ3n) is 4.59. The van der Waals surface area contributed by atoms with Gasteiger partial charge in [0.25, 0.3) is 0 Å². The van der Waals surface area contributed by atoms with Crippen molar-refractivity contribution in [3.05, 3.63) is 59.5 Å². The van der Waals surface area contributed by atoms with Crippen LogP contribution in [0.1, 0.15) is 30.0 Å². The van der Waals surface area contributed by atoms with Crippen LogP contribution in [-0.2, 0) is 9.59 Å². The first-order valence-corrected chi connectivity index (χ1v) is 8.21. The average molecular weight is 341 g/mol. The number of aryl methyl sites for hydroxylation is 1. The number of anilines is 1. The van der Waals surface area contributed by atoms with Crippen LogP contribution in [0.3, 0.4) is 0 Å². The fourth-order valence-corrected chi connectivity index (χ4v) is 3.28. The maximum atomic E-state index is 14.3. The third kappa shape index (κ3) is 3.52. The Morgan fingerprint density at radius 2 is 2.08 bits per heavy atom. The molecule has 0 spiro atoms. The van der Waals surface area contributed by atoms with Gasteiger partial charge in [-0.3, -0.25) is 9.59 Å². The van der Waals surface area contributed by atoms with Crippen LogP contribution in [0.4, 0.5) is 10.2 Å². The highest BCUT2D eigenvalue weighted by Gasteiger charge is 2.40. The topological polar surface area (TPSA) is 62.3 Å². The Balaban J connectivity index is 1.90. The van der Waals surface area contributed by atoms with E-state index in [-0.39, 0.29) is 18.2 Å². The Morgan fingerprint density at radius 1 is 1.32 bits per heavy atom. The van der Waals surface area contributed by atoms with E-state index in [4.69, 9.17) is 0 Å². The van der Waals surface area contributed by atoms with Crippen LogP contribution in [0.25, 0.3) is 0 Å². The second-order valence-electron chi connectivity index (χ2n) is 6.32. The van der Waals surface area contributed by atoms with Crippen molar-refractivity contribution < 1.29 is 14.0 Å². The van der Waals surface area contributed by atoms with Crippen molar-refractivity contribution in [1.29, 1.82) is 0 Å². The SMILES string of the molecule is Cc1ccnc(NC(=O)[C@@H]2CCC(=O)N(C)[C@H]2c2ccccc2F)c1. The van der Waals surface area contributed by atoms with Gasteiger partial charge in [-0.2, -0.15) is 0 Å². The number of piperidine rings is 1. The van der Waals surface area contributed by atoms with Crippen molar-refractivity contribution >= 4 is 17.6 Å². The van der Waals surface area contributed by atoms with Crippen LogP contribution in [0.15, 0.2) is 42.6 Å². The predicted molar refractivity (Wildman–Crippen MR) is 92.2 cm³/mol. The molecule has 2 heterocycles. The molecular formula is C19H20FN3O2. The number of likely N-dealkylation sites (tertiary alicyclic amines) is 1. The summed E-state index contributed by atoms with van der Waals surface area (Å²) in [6.07, 6.45) is 2.26. The molecule has 25 heavy (non-hydrogen) atoms. The maximum absolute atomic E-state index is 14.3. The molecule has 3 rings (SSSR count). The highest BCUT2D eigenvalue weighted by atomic mass is 19.1. The maximum Gasteiger partial charge on any atom is 0.231 e. The summed E-state index contributed by atoms with van der Waals surface area (Å²) in [4.78, 5) is 30.5. The van der Waals surface area contributed by atoms with Gasteiger partial charge in [0, 0.05) is 25.2 Å². The Morgan fingerprint density at radius 3 is 2.80 bits per heavy atom. The van der Waals surface area contributed by atoms with Gasteiger partial charge in [0.15, 0.2) is 0 Å². The molecule has 1 aliphatic rings. The number of amides is 2. The van der Waals surface area contributed by atoms with Gasteiger partial charge in [0.1, 0.15) is 11.6 Å². The molecular weight excluding hydrogens is 321 g/mol. The number of rotatable bonds is 3. The molecule has 5 nitrogen and oxygen atoms in total. The van der Waals surface area contributed by atoms with E-state index >= 15 is 0 Å². The standard InChI is InChI=1S/C19H20FN3O2/c1-12-9-10-21-16(11-12)22-19(25)14-7-8-17(24)23(2)18(14)13-5-3-4-6-15(13)20/h3-6,9-11,14,18H,7-8H2,1-2H3,(H,21,22,25)/t14-,18+/m1/s1. The summed E-state index contributed by atoms with van der Waals surface area (Å²) in [6.45, 7) is 1.91. The van der Waals surface area contributed by atoms with Gasteiger partial charge in [-0.05, 0) is 37.1 Å². The molecule has 2 amide bonds. The van der Waals surface area contributed by atoms with Crippen LogP contribution in [0.5, 0.6) is 0 Å². The van der Waals surface area contributed by atoms with Crippen LogP contribution >= 0.6 is 0 Å². The van der Waals surface area contributed by atoms with E-state index in [2.05, 4.69) is 10.3 Å². The third-order valence-corrected chi connectivity index (χ3v) is 4.59. The van der Waals surface area contributed by atoms with E-state index in [9.17, 15) is 14.0 Å². The summed E-state index contributed by atoms with van der Waals surface area (Å²) in [5, 5.41) is 2.80. The van der Waals surface area contributed by atoms with Crippen molar-refractivity contribution in [2.24, 2.45) is 5.92 Å². The van der Waals surface area contributed by atoms with Gasteiger partial charge in [0.2, 0.25) is 11.8 Å². The van der Waals surface area contributed by atoms with Gasteiger partial charge >= 0.3 is 0 Å². The van der Waals surface area contributed by atoms with E-state index < -0.39 is 17.8 Å². The molecule has 130 valence electrons. The zero-order valence-electron chi connectivity index (χ0n) is 14.2. The first kappa shape index (κ1) is 17.1. The quantitative estimate of drug-likeness (QED) is 0.933. The summed E-state index contributed by atoms with van der Waals surface area (Å²) in [6, 6.07) is 9.25. The second kappa shape index (κ2) is 7.01. The Hall–Kier alpha value is -2.76. The van der Waals surface area contributed by atoms with Crippen LogP contribution < -0.4 is 5.32 Å². The van der Waals surface area contributed by atoms with E-state index in [1.807, 2.05) is 13.0 Å². The number of hydrogen-bond acceptors (Lipinski definition) is 3. The number of halogens is 1. The lowest BCUT2D eigenvalue weighted by molar-refractivity contribution is -0.140. The number of aromatic nitrogens is 1. The zero-order chi connectivity index (χ0) is 18.0. The lowest BCUT2D eigenvalue weighted by atomic mass is 9.83. The molecule has 1 fully saturated rings. The monoisotopic (exact) mass is 341 g/mol. The number of nitrogens with zero attached hydrogens (tertiary/aromatic N) is 2. The van der Waals surface area contributed by atoms with Gasteiger partial charge in [-0.25, -0.2) is 9.37 Å². The summed E-state index contributed by atoms with van der Waals surface area (Å²) in [5.74, 6) is -0.851.